The molecule has 3 aromatic rings. The number of ether oxygens (including phenoxy) is 1. The van der Waals surface area contributed by atoms with E-state index in [1.165, 1.54) is 11.0 Å². The van der Waals surface area contributed by atoms with Crippen LogP contribution in [-0.4, -0.2) is 78.6 Å². The first-order chi connectivity index (χ1) is 22.0. The maximum atomic E-state index is 14.5. The number of aromatic nitrogens is 2. The molecule has 9 nitrogen and oxygen atoms in total. The van der Waals surface area contributed by atoms with Gasteiger partial charge in [0, 0.05) is 61.7 Å². The van der Waals surface area contributed by atoms with Gasteiger partial charge in [0.1, 0.15) is 11.6 Å². The summed E-state index contributed by atoms with van der Waals surface area (Å²) in [5.41, 5.74) is 2.20. The van der Waals surface area contributed by atoms with Crippen molar-refractivity contribution in [2.45, 2.75) is 37.8 Å². The molecule has 2 aromatic carbocycles. The number of fused-ring (bicyclic) bond motifs is 2. The van der Waals surface area contributed by atoms with Gasteiger partial charge in [0.2, 0.25) is 0 Å². The lowest BCUT2D eigenvalue weighted by Crippen LogP contribution is -2.55. The molecule has 3 aliphatic heterocycles. The Morgan fingerprint density at radius 3 is 2.78 bits per heavy atom. The van der Waals surface area contributed by atoms with Crippen LogP contribution >= 0.6 is 11.6 Å². The van der Waals surface area contributed by atoms with Crippen LogP contribution in [-0.2, 0) is 17.8 Å². The molecular formula is C32H32ClF4N7O2. The predicted molar refractivity (Wildman–Crippen MR) is 165 cm³/mol. The van der Waals surface area contributed by atoms with Gasteiger partial charge in [0.05, 0.1) is 48.9 Å². The number of piperidine rings is 1. The number of anilines is 2. The van der Waals surface area contributed by atoms with Crippen LogP contribution in [0.15, 0.2) is 42.7 Å². The van der Waals surface area contributed by atoms with Gasteiger partial charge in [-0.2, -0.15) is 15.2 Å². The molecule has 0 saturated carbocycles. The average molecular weight is 658 g/mol. The Morgan fingerprint density at radius 1 is 1.20 bits per heavy atom. The predicted octanol–water partition coefficient (Wildman–Crippen LogP) is 5.02. The minimum Gasteiger partial charge on any atom is -0.463 e. The molecule has 6 rings (SSSR count). The summed E-state index contributed by atoms with van der Waals surface area (Å²) in [5, 5.41) is 13.6. The van der Waals surface area contributed by atoms with Crippen LogP contribution in [0.3, 0.4) is 0 Å². The maximum absolute atomic E-state index is 14.5. The molecule has 2 atom stereocenters. The topological polar surface area (TPSA) is 97.6 Å². The molecule has 14 heteroatoms. The Bertz CT molecular complexity index is 1720. The molecule has 2 saturated heterocycles. The molecule has 0 bridgehead atoms. The third-order valence-corrected chi connectivity index (χ3v) is 9.10. The van der Waals surface area contributed by atoms with Crippen molar-refractivity contribution < 1.29 is 27.1 Å². The minimum atomic E-state index is -2.84. The summed E-state index contributed by atoms with van der Waals surface area (Å²) in [5.74, 6) is -5.23. The molecule has 4 heterocycles. The van der Waals surface area contributed by atoms with Crippen LogP contribution in [0.1, 0.15) is 24.1 Å². The summed E-state index contributed by atoms with van der Waals surface area (Å²) in [6.07, 6.45) is 0.146. The van der Waals surface area contributed by atoms with Gasteiger partial charge in [-0.1, -0.05) is 36.4 Å². The Labute approximate surface area is 268 Å². The molecule has 0 unspecified atom stereocenters. The zero-order chi connectivity index (χ0) is 32.6. The summed E-state index contributed by atoms with van der Waals surface area (Å²) in [4.78, 5) is 27.2. The fourth-order valence-electron chi connectivity index (χ4n) is 6.56. The van der Waals surface area contributed by atoms with E-state index in [4.69, 9.17) is 26.3 Å². The van der Waals surface area contributed by atoms with Gasteiger partial charge in [-0.25, -0.2) is 17.6 Å². The molecular weight excluding hydrogens is 626 g/mol. The SMILES string of the molecule is C=C(F)C(=O)N1CCN(c2nc(OC[C@H]3CNCC(F)(F)C3)nc3c2CCN(c2cccc4ccc(F)c(Cl)c24)C3)C[C@@H]1CC#N. The van der Waals surface area contributed by atoms with Crippen molar-refractivity contribution >= 4 is 39.8 Å². The number of carbonyl (C=O) groups excluding carboxylic acids is 1. The number of hydrogen-bond acceptors (Lipinski definition) is 8. The summed E-state index contributed by atoms with van der Waals surface area (Å²) >= 11 is 6.44. The van der Waals surface area contributed by atoms with Crippen molar-refractivity contribution in [3.05, 3.63) is 64.8 Å². The molecule has 1 amide bonds. The third kappa shape index (κ3) is 6.41. The normalized spacial score (nSPS) is 21.1. The smallest absolute Gasteiger partial charge is 0.318 e. The highest BCUT2D eigenvalue weighted by Crippen LogP contribution is 2.38. The lowest BCUT2D eigenvalue weighted by atomic mass is 9.98. The van der Waals surface area contributed by atoms with Crippen molar-refractivity contribution in [2.24, 2.45) is 5.92 Å². The summed E-state index contributed by atoms with van der Waals surface area (Å²) in [6, 6.07) is 10.1. The van der Waals surface area contributed by atoms with Gasteiger partial charge >= 0.3 is 6.01 Å². The van der Waals surface area contributed by atoms with Crippen LogP contribution in [0.5, 0.6) is 6.01 Å². The van der Waals surface area contributed by atoms with Gasteiger partial charge in [0.15, 0.2) is 5.83 Å². The summed E-state index contributed by atoms with van der Waals surface area (Å²) in [6.45, 7) is 4.55. The van der Waals surface area contributed by atoms with Crippen LogP contribution in [0.25, 0.3) is 10.8 Å². The van der Waals surface area contributed by atoms with Crippen LogP contribution in [0.2, 0.25) is 5.02 Å². The van der Waals surface area contributed by atoms with E-state index in [0.29, 0.717) is 49.5 Å². The lowest BCUT2D eigenvalue weighted by molar-refractivity contribution is -0.131. The second-order valence-corrected chi connectivity index (χ2v) is 12.3. The number of hydrogen-bond donors (Lipinski definition) is 1. The minimum absolute atomic E-state index is 0.0129. The number of rotatable bonds is 7. The standard InChI is InChI=1S/C32H32ClF4N7O2/c1-19(34)30(45)44-12-11-43(15-22(44)7-9-38)29-23-8-10-42(26-4-2-3-21-5-6-24(35)28(33)27(21)26)16-25(23)40-31(41-29)46-17-20-13-32(36,37)18-39-14-20/h2-6,20,22,39H,1,7-8,10-18H2/t20-,22+/m1/s1. The Kier molecular flexibility index (Phi) is 8.94. The Hall–Kier alpha value is -4.15. The van der Waals surface area contributed by atoms with Crippen molar-refractivity contribution in [1.29, 1.82) is 5.26 Å². The number of piperazine rings is 1. The van der Waals surface area contributed by atoms with Gasteiger partial charge in [-0.15, -0.1) is 0 Å². The Morgan fingerprint density at radius 2 is 2.02 bits per heavy atom. The first-order valence-corrected chi connectivity index (χ1v) is 15.4. The number of nitrogens with one attached hydrogen (secondary N) is 1. The second kappa shape index (κ2) is 12.9. The highest BCUT2D eigenvalue weighted by Gasteiger charge is 2.37. The third-order valence-electron chi connectivity index (χ3n) is 8.73. The van der Waals surface area contributed by atoms with Gasteiger partial charge in [-0.05, 0) is 23.9 Å². The van der Waals surface area contributed by atoms with Crippen molar-refractivity contribution in [2.75, 3.05) is 55.7 Å². The monoisotopic (exact) mass is 657 g/mol. The maximum Gasteiger partial charge on any atom is 0.318 e. The molecule has 0 spiro atoms. The van der Waals surface area contributed by atoms with Crippen molar-refractivity contribution in [3.63, 3.8) is 0 Å². The quantitative estimate of drug-likeness (QED) is 0.280. The van der Waals surface area contributed by atoms with E-state index < -0.39 is 35.4 Å². The largest absolute Gasteiger partial charge is 0.463 e. The average Bonchev–Trinajstić information content (AvgIpc) is 3.04. The van der Waals surface area contributed by atoms with Crippen molar-refractivity contribution in [1.82, 2.24) is 20.2 Å². The lowest BCUT2D eigenvalue weighted by Gasteiger charge is -2.42. The summed E-state index contributed by atoms with van der Waals surface area (Å²) in [7, 11) is 0. The van der Waals surface area contributed by atoms with Crippen LogP contribution < -0.4 is 19.9 Å². The second-order valence-electron chi connectivity index (χ2n) is 11.9. The molecule has 1 aromatic heterocycles. The number of nitriles is 1. The summed E-state index contributed by atoms with van der Waals surface area (Å²) < 4.78 is 62.4. The van der Waals surface area contributed by atoms with E-state index in [1.807, 2.05) is 28.0 Å². The van der Waals surface area contributed by atoms with E-state index in [2.05, 4.69) is 18.0 Å². The first kappa shape index (κ1) is 31.8. The molecule has 3 aliphatic rings. The Balaban J connectivity index is 1.34. The number of nitrogens with zero attached hydrogens (tertiary/aromatic N) is 6. The van der Waals surface area contributed by atoms with Gasteiger partial charge in [-0.3, -0.25) is 4.79 Å². The zero-order valence-electron chi connectivity index (χ0n) is 24.9. The molecule has 242 valence electrons. The van der Waals surface area contributed by atoms with Crippen molar-refractivity contribution in [3.8, 4) is 12.1 Å². The van der Waals surface area contributed by atoms with Gasteiger partial charge in [0.25, 0.3) is 11.8 Å². The number of amides is 1. The van der Waals surface area contributed by atoms with E-state index in [1.54, 1.807) is 6.07 Å². The number of halogens is 5. The van der Waals surface area contributed by atoms with E-state index in [9.17, 15) is 27.6 Å². The number of carbonyl (C=O) groups is 1. The van der Waals surface area contributed by atoms with E-state index >= 15 is 0 Å². The van der Waals surface area contributed by atoms with Crippen LogP contribution in [0.4, 0.5) is 29.1 Å². The van der Waals surface area contributed by atoms with E-state index in [0.717, 1.165) is 16.6 Å². The molecule has 1 N–H and O–H groups in total. The fraction of sp³-hybridized carbons (Fsp3) is 0.438. The zero-order valence-corrected chi connectivity index (χ0v) is 25.7. The van der Waals surface area contributed by atoms with Crippen LogP contribution in [0, 0.1) is 23.1 Å². The molecule has 0 radical (unpaired) electrons. The number of benzene rings is 2. The fourth-order valence-corrected chi connectivity index (χ4v) is 6.83. The first-order valence-electron chi connectivity index (χ1n) is 15.0. The van der Waals surface area contributed by atoms with Gasteiger partial charge < -0.3 is 24.8 Å². The molecule has 2 fully saturated rings. The highest BCUT2D eigenvalue weighted by atomic mass is 35.5. The van der Waals surface area contributed by atoms with E-state index in [-0.39, 0.29) is 50.1 Å². The number of alkyl halides is 2. The highest BCUT2D eigenvalue weighted by molar-refractivity contribution is 6.36. The molecule has 46 heavy (non-hydrogen) atoms. The molecule has 0 aliphatic carbocycles.